The predicted molar refractivity (Wildman–Crippen MR) is 75.7 cm³/mol. The summed E-state index contributed by atoms with van der Waals surface area (Å²) in [7, 11) is 0. The molecular formula is C16H11FN4. The van der Waals surface area contributed by atoms with Gasteiger partial charge in [0.25, 0.3) is 0 Å². The molecule has 0 aliphatic carbocycles. The number of hydrogen-bond donors (Lipinski definition) is 1. The Hall–Kier alpha value is -3.00. The minimum absolute atomic E-state index is 0.250. The van der Waals surface area contributed by atoms with Crippen molar-refractivity contribution in [3.63, 3.8) is 0 Å². The van der Waals surface area contributed by atoms with Crippen molar-refractivity contribution in [1.29, 1.82) is 5.26 Å². The highest BCUT2D eigenvalue weighted by Gasteiger charge is 2.09. The van der Waals surface area contributed by atoms with E-state index in [1.807, 2.05) is 6.07 Å². The third kappa shape index (κ3) is 2.79. The number of rotatable bonds is 3. The Kier molecular flexibility index (Phi) is 3.44. The molecule has 0 saturated heterocycles. The van der Waals surface area contributed by atoms with Crippen LogP contribution in [0, 0.1) is 17.1 Å². The molecule has 1 N–H and O–H groups in total. The van der Waals surface area contributed by atoms with Gasteiger partial charge in [0.05, 0.1) is 11.3 Å². The molecular weight excluding hydrogens is 267 g/mol. The Morgan fingerprint density at radius 2 is 2.00 bits per heavy atom. The van der Waals surface area contributed by atoms with E-state index in [-0.39, 0.29) is 5.82 Å². The van der Waals surface area contributed by atoms with Gasteiger partial charge in [-0.15, -0.1) is 0 Å². The van der Waals surface area contributed by atoms with E-state index in [1.54, 1.807) is 24.4 Å². The number of hydrogen-bond acceptors (Lipinski definition) is 3. The summed E-state index contributed by atoms with van der Waals surface area (Å²) < 4.78 is 12.9. The summed E-state index contributed by atoms with van der Waals surface area (Å²) in [6, 6.07) is 12.1. The van der Waals surface area contributed by atoms with E-state index in [9.17, 15) is 4.39 Å². The minimum atomic E-state index is -0.250. The van der Waals surface area contributed by atoms with Gasteiger partial charge in [0.2, 0.25) is 0 Å². The Bertz CT molecular complexity index is 800. The van der Waals surface area contributed by atoms with Crippen molar-refractivity contribution >= 4 is 0 Å². The Balaban J connectivity index is 1.87. The molecule has 0 fully saturated rings. The molecule has 5 heteroatoms. The van der Waals surface area contributed by atoms with Crippen LogP contribution in [0.5, 0.6) is 0 Å². The van der Waals surface area contributed by atoms with E-state index in [0.29, 0.717) is 17.7 Å². The maximum absolute atomic E-state index is 12.9. The third-order valence-electron chi connectivity index (χ3n) is 3.16. The van der Waals surface area contributed by atoms with Crippen molar-refractivity contribution in [3.8, 4) is 17.3 Å². The lowest BCUT2D eigenvalue weighted by Gasteiger charge is -1.98. The number of nitrogens with zero attached hydrogens (tertiary/aromatic N) is 3. The van der Waals surface area contributed by atoms with E-state index < -0.39 is 0 Å². The molecule has 0 radical (unpaired) electrons. The second-order valence-corrected chi connectivity index (χ2v) is 4.61. The van der Waals surface area contributed by atoms with Crippen LogP contribution in [0.1, 0.15) is 16.8 Å². The number of aromatic amines is 1. The normalized spacial score (nSPS) is 10.3. The van der Waals surface area contributed by atoms with Crippen LogP contribution in [0.4, 0.5) is 4.39 Å². The first-order valence-electron chi connectivity index (χ1n) is 6.39. The maximum Gasteiger partial charge on any atom is 0.123 e. The number of H-pyrrole nitrogens is 1. The Labute approximate surface area is 120 Å². The lowest BCUT2D eigenvalue weighted by atomic mass is 10.1. The van der Waals surface area contributed by atoms with Crippen molar-refractivity contribution in [3.05, 3.63) is 71.4 Å². The summed E-state index contributed by atoms with van der Waals surface area (Å²) >= 11 is 0. The second-order valence-electron chi connectivity index (χ2n) is 4.61. The number of nitriles is 1. The Morgan fingerprint density at radius 3 is 2.76 bits per heavy atom. The first-order valence-corrected chi connectivity index (χ1v) is 6.39. The van der Waals surface area contributed by atoms with Crippen LogP contribution in [0.15, 0.2) is 48.8 Å². The molecule has 0 amide bonds. The van der Waals surface area contributed by atoms with Crippen LogP contribution in [0.25, 0.3) is 11.3 Å². The molecule has 1 aromatic carbocycles. The predicted octanol–water partition coefficient (Wildman–Crippen LogP) is 3.07. The molecule has 0 aliphatic heterocycles. The molecule has 3 aromatic rings. The fourth-order valence-corrected chi connectivity index (χ4v) is 2.12. The van der Waals surface area contributed by atoms with Crippen LogP contribution in [-0.2, 0) is 6.42 Å². The zero-order valence-electron chi connectivity index (χ0n) is 11.0. The van der Waals surface area contributed by atoms with Crippen LogP contribution in [-0.4, -0.2) is 15.2 Å². The van der Waals surface area contributed by atoms with Gasteiger partial charge < -0.3 is 0 Å². The SMILES string of the molecule is N#Cc1cnccc1-c1cc(Cc2ccc(F)cc2)[nH]n1. The van der Waals surface area contributed by atoms with Gasteiger partial charge in [-0.3, -0.25) is 10.1 Å². The lowest BCUT2D eigenvalue weighted by molar-refractivity contribution is 0.627. The highest BCUT2D eigenvalue weighted by atomic mass is 19.1. The summed E-state index contributed by atoms with van der Waals surface area (Å²) in [5.74, 6) is -0.250. The van der Waals surface area contributed by atoms with Gasteiger partial charge >= 0.3 is 0 Å². The topological polar surface area (TPSA) is 65.4 Å². The standard InChI is InChI=1S/C16H11FN4/c17-13-3-1-11(2-4-13)7-14-8-16(21-20-14)15-5-6-19-10-12(15)9-18/h1-6,8,10H,7H2,(H,20,21). The monoisotopic (exact) mass is 278 g/mol. The average molecular weight is 278 g/mol. The van der Waals surface area contributed by atoms with Crippen LogP contribution < -0.4 is 0 Å². The van der Waals surface area contributed by atoms with E-state index in [0.717, 1.165) is 16.8 Å². The van der Waals surface area contributed by atoms with Crippen molar-refractivity contribution in [2.24, 2.45) is 0 Å². The summed E-state index contributed by atoms with van der Waals surface area (Å²) in [6.07, 6.45) is 3.77. The third-order valence-corrected chi connectivity index (χ3v) is 3.16. The van der Waals surface area contributed by atoms with Gasteiger partial charge in [-0.05, 0) is 29.8 Å². The van der Waals surface area contributed by atoms with E-state index in [1.165, 1.54) is 18.3 Å². The lowest BCUT2D eigenvalue weighted by Crippen LogP contribution is -1.88. The van der Waals surface area contributed by atoms with E-state index in [4.69, 9.17) is 5.26 Å². The van der Waals surface area contributed by atoms with Gasteiger partial charge in [0.15, 0.2) is 0 Å². The van der Waals surface area contributed by atoms with Crippen molar-refractivity contribution < 1.29 is 4.39 Å². The molecule has 2 heterocycles. The number of pyridine rings is 1. The molecule has 102 valence electrons. The van der Waals surface area contributed by atoms with Crippen LogP contribution in [0.2, 0.25) is 0 Å². The molecule has 0 spiro atoms. The number of aromatic nitrogens is 3. The molecule has 0 bridgehead atoms. The van der Waals surface area contributed by atoms with Crippen molar-refractivity contribution in [2.75, 3.05) is 0 Å². The average Bonchev–Trinajstić information content (AvgIpc) is 2.98. The van der Waals surface area contributed by atoms with E-state index >= 15 is 0 Å². The van der Waals surface area contributed by atoms with Crippen molar-refractivity contribution in [1.82, 2.24) is 15.2 Å². The molecule has 0 saturated carbocycles. The fourth-order valence-electron chi connectivity index (χ4n) is 2.12. The molecule has 2 aromatic heterocycles. The molecule has 0 aliphatic rings. The smallest absolute Gasteiger partial charge is 0.123 e. The fraction of sp³-hybridized carbons (Fsp3) is 0.0625. The van der Waals surface area contributed by atoms with Gasteiger partial charge in [0, 0.05) is 30.1 Å². The molecule has 0 atom stereocenters. The largest absolute Gasteiger partial charge is 0.282 e. The van der Waals surface area contributed by atoms with Gasteiger partial charge in [-0.2, -0.15) is 10.4 Å². The summed E-state index contributed by atoms with van der Waals surface area (Å²) in [4.78, 5) is 3.93. The first-order chi connectivity index (χ1) is 10.3. The van der Waals surface area contributed by atoms with Crippen LogP contribution in [0.3, 0.4) is 0 Å². The minimum Gasteiger partial charge on any atom is -0.282 e. The zero-order valence-corrected chi connectivity index (χ0v) is 11.0. The maximum atomic E-state index is 12.9. The highest BCUT2D eigenvalue weighted by molar-refractivity contribution is 5.66. The highest BCUT2D eigenvalue weighted by Crippen LogP contribution is 2.21. The number of halogens is 1. The van der Waals surface area contributed by atoms with E-state index in [2.05, 4.69) is 21.3 Å². The quantitative estimate of drug-likeness (QED) is 0.800. The molecule has 3 rings (SSSR count). The summed E-state index contributed by atoms with van der Waals surface area (Å²) in [5, 5.41) is 16.3. The molecule has 21 heavy (non-hydrogen) atoms. The molecule has 4 nitrogen and oxygen atoms in total. The zero-order chi connectivity index (χ0) is 14.7. The van der Waals surface area contributed by atoms with Gasteiger partial charge in [-0.25, -0.2) is 4.39 Å². The van der Waals surface area contributed by atoms with Gasteiger partial charge in [-0.1, -0.05) is 12.1 Å². The number of benzene rings is 1. The Morgan fingerprint density at radius 1 is 1.19 bits per heavy atom. The second kappa shape index (κ2) is 5.55. The van der Waals surface area contributed by atoms with Crippen molar-refractivity contribution in [2.45, 2.75) is 6.42 Å². The summed E-state index contributed by atoms with van der Waals surface area (Å²) in [6.45, 7) is 0. The molecule has 0 unspecified atom stereocenters. The van der Waals surface area contributed by atoms with Gasteiger partial charge in [0.1, 0.15) is 11.9 Å². The van der Waals surface area contributed by atoms with Crippen LogP contribution >= 0.6 is 0 Å². The first kappa shape index (κ1) is 13.0. The summed E-state index contributed by atoms with van der Waals surface area (Å²) in [5.41, 5.74) is 3.82. The number of nitrogens with one attached hydrogen (secondary N) is 1.